The van der Waals surface area contributed by atoms with E-state index in [1.807, 2.05) is 11.6 Å². The number of amides is 4. The molecule has 0 radical (unpaired) electrons. The predicted octanol–water partition coefficient (Wildman–Crippen LogP) is -3.66. The Bertz CT molecular complexity index is 706. The normalized spacial score (nSPS) is 14.3. The first-order valence-corrected chi connectivity index (χ1v) is 10.8. The molecule has 0 aliphatic heterocycles. The van der Waals surface area contributed by atoms with E-state index in [0.717, 1.165) is 0 Å². The van der Waals surface area contributed by atoms with Gasteiger partial charge in [0.05, 0.1) is 19.1 Å². The van der Waals surface area contributed by atoms with E-state index in [2.05, 4.69) is 10.6 Å². The van der Waals surface area contributed by atoms with Crippen LogP contribution in [0.2, 0.25) is 0 Å². The van der Waals surface area contributed by atoms with Crippen LogP contribution in [0, 0.1) is 0 Å². The highest BCUT2D eigenvalue weighted by molar-refractivity contribution is 7.98. The second kappa shape index (κ2) is 15.0. The van der Waals surface area contributed by atoms with E-state index in [-0.39, 0.29) is 6.42 Å². The molecule has 4 amide bonds. The second-order valence-electron chi connectivity index (χ2n) is 6.70. The Balaban J connectivity index is 5.27. The molecular weight excluding hydrogens is 450 g/mol. The van der Waals surface area contributed by atoms with Crippen molar-refractivity contribution in [2.75, 3.05) is 18.6 Å². The molecule has 0 saturated heterocycles. The van der Waals surface area contributed by atoms with Gasteiger partial charge in [0.15, 0.2) is 0 Å². The number of aliphatic carboxylic acids is 2. The molecule has 0 spiro atoms. The van der Waals surface area contributed by atoms with Crippen molar-refractivity contribution in [3.63, 3.8) is 0 Å². The standard InChI is InChI=1S/C17H29N5O9S/c1-32-5-4-8(18)14(27)20-9(2-3-13(25)26)15(28)22-11(7-23)16(29)21-10(17(30)31)6-12(19)24/h8-11,23H,2-7,18H2,1H3,(H2,19,24)(H,20,27)(H,21,29)(H,22,28)(H,25,26)(H,30,31). The number of hydrogen-bond donors (Lipinski definition) is 8. The molecule has 182 valence electrons. The predicted molar refractivity (Wildman–Crippen MR) is 112 cm³/mol. The summed E-state index contributed by atoms with van der Waals surface area (Å²) >= 11 is 1.45. The quantitative estimate of drug-likeness (QED) is 0.107. The summed E-state index contributed by atoms with van der Waals surface area (Å²) < 4.78 is 0. The highest BCUT2D eigenvalue weighted by atomic mass is 32.2. The Kier molecular flexibility index (Phi) is 13.6. The highest BCUT2D eigenvalue weighted by Crippen LogP contribution is 2.03. The van der Waals surface area contributed by atoms with Gasteiger partial charge in [-0.25, -0.2) is 4.79 Å². The number of aliphatic hydroxyl groups is 1. The molecule has 14 nitrogen and oxygen atoms in total. The number of carboxylic acid groups (broad SMARTS) is 2. The summed E-state index contributed by atoms with van der Waals surface area (Å²) in [5.74, 6) is -6.06. The van der Waals surface area contributed by atoms with E-state index in [9.17, 15) is 33.9 Å². The molecule has 4 unspecified atom stereocenters. The van der Waals surface area contributed by atoms with Crippen LogP contribution in [0.1, 0.15) is 25.7 Å². The van der Waals surface area contributed by atoms with Gasteiger partial charge in [-0.3, -0.25) is 24.0 Å². The van der Waals surface area contributed by atoms with Gasteiger partial charge in [0, 0.05) is 6.42 Å². The zero-order valence-electron chi connectivity index (χ0n) is 17.4. The van der Waals surface area contributed by atoms with Gasteiger partial charge in [-0.1, -0.05) is 0 Å². The van der Waals surface area contributed by atoms with Crippen LogP contribution < -0.4 is 27.4 Å². The van der Waals surface area contributed by atoms with E-state index in [4.69, 9.17) is 21.7 Å². The van der Waals surface area contributed by atoms with E-state index in [1.54, 1.807) is 0 Å². The SMILES string of the molecule is CSCCC(N)C(=O)NC(CCC(=O)O)C(=O)NC(CO)C(=O)NC(CC(N)=O)C(=O)O. The largest absolute Gasteiger partial charge is 0.481 e. The highest BCUT2D eigenvalue weighted by Gasteiger charge is 2.30. The van der Waals surface area contributed by atoms with Crippen molar-refractivity contribution in [3.8, 4) is 0 Å². The fourth-order valence-electron chi connectivity index (χ4n) is 2.33. The Morgan fingerprint density at radius 1 is 0.875 bits per heavy atom. The number of carbonyl (C=O) groups excluding carboxylic acids is 4. The van der Waals surface area contributed by atoms with Crippen LogP contribution in [0.25, 0.3) is 0 Å². The minimum Gasteiger partial charge on any atom is -0.481 e. The van der Waals surface area contributed by atoms with Crippen LogP contribution in [0.5, 0.6) is 0 Å². The average Bonchev–Trinajstić information content (AvgIpc) is 2.71. The van der Waals surface area contributed by atoms with Crippen molar-refractivity contribution >= 4 is 47.3 Å². The number of hydrogen-bond acceptors (Lipinski definition) is 9. The molecule has 0 aliphatic carbocycles. The van der Waals surface area contributed by atoms with Crippen LogP contribution in [0.3, 0.4) is 0 Å². The molecule has 0 rings (SSSR count). The third kappa shape index (κ3) is 11.5. The van der Waals surface area contributed by atoms with Gasteiger partial charge in [0.2, 0.25) is 23.6 Å². The summed E-state index contributed by atoms with van der Waals surface area (Å²) in [4.78, 5) is 70.0. The molecular formula is C17H29N5O9S. The lowest BCUT2D eigenvalue weighted by molar-refractivity contribution is -0.144. The number of rotatable bonds is 16. The van der Waals surface area contributed by atoms with Crippen LogP contribution in [-0.2, 0) is 28.8 Å². The Labute approximate surface area is 187 Å². The van der Waals surface area contributed by atoms with Gasteiger partial charge in [0.1, 0.15) is 18.1 Å². The van der Waals surface area contributed by atoms with Crippen molar-refractivity contribution in [1.82, 2.24) is 16.0 Å². The first-order valence-electron chi connectivity index (χ1n) is 9.42. The number of primary amides is 1. The zero-order chi connectivity index (χ0) is 24.8. The molecule has 0 bridgehead atoms. The maximum atomic E-state index is 12.6. The first-order chi connectivity index (χ1) is 14.9. The Morgan fingerprint density at radius 3 is 1.88 bits per heavy atom. The molecule has 10 N–H and O–H groups in total. The molecule has 0 aromatic carbocycles. The number of carbonyl (C=O) groups is 6. The van der Waals surface area contributed by atoms with Crippen LogP contribution in [0.4, 0.5) is 0 Å². The van der Waals surface area contributed by atoms with Gasteiger partial charge in [-0.05, 0) is 24.9 Å². The summed E-state index contributed by atoms with van der Waals surface area (Å²) in [7, 11) is 0. The molecule has 15 heteroatoms. The lowest BCUT2D eigenvalue weighted by Crippen LogP contribution is -2.58. The molecule has 0 fully saturated rings. The third-order valence-electron chi connectivity index (χ3n) is 4.09. The minimum absolute atomic E-state index is 0.304. The summed E-state index contributed by atoms with van der Waals surface area (Å²) in [5.41, 5.74) is 10.7. The van der Waals surface area contributed by atoms with E-state index in [0.29, 0.717) is 12.2 Å². The monoisotopic (exact) mass is 479 g/mol. The van der Waals surface area contributed by atoms with Crippen molar-refractivity contribution < 1.29 is 44.1 Å². The average molecular weight is 480 g/mol. The Morgan fingerprint density at radius 2 is 1.41 bits per heavy atom. The van der Waals surface area contributed by atoms with Gasteiger partial charge in [-0.2, -0.15) is 11.8 Å². The number of thioether (sulfide) groups is 1. The number of nitrogens with two attached hydrogens (primary N) is 2. The molecule has 0 aromatic rings. The van der Waals surface area contributed by atoms with Crippen molar-refractivity contribution in [2.24, 2.45) is 11.5 Å². The maximum Gasteiger partial charge on any atom is 0.326 e. The topological polar surface area (TPSA) is 251 Å². The number of aliphatic hydroxyl groups excluding tert-OH is 1. The third-order valence-corrected chi connectivity index (χ3v) is 4.73. The molecule has 0 aromatic heterocycles. The smallest absolute Gasteiger partial charge is 0.326 e. The van der Waals surface area contributed by atoms with Gasteiger partial charge < -0.3 is 42.7 Å². The summed E-state index contributed by atoms with van der Waals surface area (Å²) in [6, 6.07) is -5.68. The van der Waals surface area contributed by atoms with E-state index >= 15 is 0 Å². The number of nitrogens with one attached hydrogen (secondary N) is 3. The van der Waals surface area contributed by atoms with Crippen molar-refractivity contribution in [2.45, 2.75) is 49.9 Å². The number of carboxylic acids is 2. The first kappa shape index (κ1) is 29.1. The van der Waals surface area contributed by atoms with Crippen LogP contribution in [-0.4, -0.2) is 93.7 Å². The second-order valence-corrected chi connectivity index (χ2v) is 7.68. The molecule has 0 saturated carbocycles. The Hall–Kier alpha value is -2.91. The van der Waals surface area contributed by atoms with Gasteiger partial charge in [-0.15, -0.1) is 0 Å². The minimum atomic E-state index is -1.69. The lowest BCUT2D eigenvalue weighted by Gasteiger charge is -2.24. The van der Waals surface area contributed by atoms with Crippen LogP contribution in [0.15, 0.2) is 0 Å². The van der Waals surface area contributed by atoms with Crippen molar-refractivity contribution in [3.05, 3.63) is 0 Å². The molecule has 0 aliphatic rings. The van der Waals surface area contributed by atoms with Gasteiger partial charge in [0.25, 0.3) is 0 Å². The van der Waals surface area contributed by atoms with Gasteiger partial charge >= 0.3 is 11.9 Å². The summed E-state index contributed by atoms with van der Waals surface area (Å²) in [5, 5.41) is 33.7. The van der Waals surface area contributed by atoms with Crippen LogP contribution >= 0.6 is 11.8 Å². The summed E-state index contributed by atoms with van der Waals surface area (Å²) in [6.07, 6.45) is 0.568. The molecule has 4 atom stereocenters. The summed E-state index contributed by atoms with van der Waals surface area (Å²) in [6.45, 7) is -0.951. The van der Waals surface area contributed by atoms with E-state index in [1.165, 1.54) is 11.8 Å². The fraction of sp³-hybridized carbons (Fsp3) is 0.647. The fourth-order valence-corrected chi connectivity index (χ4v) is 2.82. The van der Waals surface area contributed by atoms with Crippen molar-refractivity contribution in [1.29, 1.82) is 0 Å². The molecule has 32 heavy (non-hydrogen) atoms. The van der Waals surface area contributed by atoms with E-state index < -0.39 is 79.2 Å². The lowest BCUT2D eigenvalue weighted by atomic mass is 10.1. The zero-order valence-corrected chi connectivity index (χ0v) is 18.2. The maximum absolute atomic E-state index is 12.6. The molecule has 0 heterocycles.